The zero-order valence-electron chi connectivity index (χ0n) is 15.1. The molecule has 5 nitrogen and oxygen atoms in total. The maximum atomic E-state index is 12.6. The van der Waals surface area contributed by atoms with Crippen molar-refractivity contribution in [2.24, 2.45) is 5.92 Å². The average molecular weight is 351 g/mol. The first kappa shape index (κ1) is 18.3. The summed E-state index contributed by atoms with van der Waals surface area (Å²) >= 11 is 0. The first-order valence-corrected chi connectivity index (χ1v) is 9.04. The third-order valence-corrected chi connectivity index (χ3v) is 4.86. The number of nitrogens with one attached hydrogen (secondary N) is 1. The van der Waals surface area contributed by atoms with Gasteiger partial charge in [-0.05, 0) is 42.5 Å². The third kappa shape index (κ3) is 3.99. The van der Waals surface area contributed by atoms with Crippen molar-refractivity contribution in [3.8, 4) is 11.3 Å². The number of aromatic nitrogens is 2. The van der Waals surface area contributed by atoms with Crippen LogP contribution in [0.5, 0.6) is 0 Å². The van der Waals surface area contributed by atoms with Gasteiger partial charge in [0.05, 0.1) is 12.0 Å². The highest BCUT2D eigenvalue weighted by Gasteiger charge is 2.18. The van der Waals surface area contributed by atoms with Gasteiger partial charge in [-0.25, -0.2) is 4.98 Å². The Morgan fingerprint density at radius 3 is 2.85 bits per heavy atom. The topological polar surface area (TPSA) is 68.0 Å². The molecule has 0 amide bonds. The van der Waals surface area contributed by atoms with E-state index in [1.165, 1.54) is 6.21 Å². The molecule has 26 heavy (non-hydrogen) atoms. The van der Waals surface area contributed by atoms with Gasteiger partial charge in [0.2, 0.25) is 0 Å². The lowest BCUT2D eigenvalue weighted by molar-refractivity contribution is 0.0684. The van der Waals surface area contributed by atoms with E-state index < -0.39 is 0 Å². The molecule has 1 fully saturated rings. The van der Waals surface area contributed by atoms with Crippen LogP contribution in [0.3, 0.4) is 0 Å². The second-order valence-corrected chi connectivity index (χ2v) is 6.86. The Morgan fingerprint density at radius 1 is 1.42 bits per heavy atom. The van der Waals surface area contributed by atoms with E-state index in [0.29, 0.717) is 25.3 Å². The molecule has 0 radical (unpaired) electrons. The van der Waals surface area contributed by atoms with Crippen LogP contribution in [-0.4, -0.2) is 29.0 Å². The highest BCUT2D eigenvalue weighted by atomic mass is 16.5. The molecule has 1 aromatic carbocycles. The van der Waals surface area contributed by atoms with Gasteiger partial charge >= 0.3 is 0 Å². The quantitative estimate of drug-likeness (QED) is 0.801. The molecule has 1 N–H and O–H groups in total. The monoisotopic (exact) mass is 351 g/mol. The minimum Gasteiger partial charge on any atom is -0.381 e. The Hall–Kier alpha value is -2.53. The van der Waals surface area contributed by atoms with Gasteiger partial charge in [-0.1, -0.05) is 37.8 Å². The molecule has 1 aromatic heterocycles. The SMILES string of the molecule is C=C(CC(C)C=N)c1ccccc1-c1cc(=O)n(C2CCOCC2)cn1. The van der Waals surface area contributed by atoms with E-state index in [1.54, 1.807) is 17.0 Å². The van der Waals surface area contributed by atoms with E-state index in [9.17, 15) is 4.79 Å². The van der Waals surface area contributed by atoms with Crippen LogP contribution in [0.4, 0.5) is 0 Å². The Balaban J connectivity index is 1.92. The van der Waals surface area contributed by atoms with Crippen LogP contribution in [0.15, 0.2) is 48.0 Å². The summed E-state index contributed by atoms with van der Waals surface area (Å²) in [5.74, 6) is 0.130. The van der Waals surface area contributed by atoms with Crippen molar-refractivity contribution >= 4 is 11.8 Å². The predicted octanol–water partition coefficient (Wildman–Crippen LogP) is 3.95. The highest BCUT2D eigenvalue weighted by Crippen LogP contribution is 2.29. The Morgan fingerprint density at radius 2 is 2.15 bits per heavy atom. The third-order valence-electron chi connectivity index (χ3n) is 4.86. The van der Waals surface area contributed by atoms with E-state index >= 15 is 0 Å². The van der Waals surface area contributed by atoms with Gasteiger partial charge in [-0.3, -0.25) is 9.36 Å². The standard InChI is InChI=1S/C21H25N3O2/c1-15(13-22)11-16(2)18-5-3-4-6-19(18)20-12-21(25)24(14-23-20)17-7-9-26-10-8-17/h3-6,12-15,17,22H,2,7-11H2,1H3. The van der Waals surface area contributed by atoms with E-state index in [4.69, 9.17) is 10.1 Å². The van der Waals surface area contributed by atoms with Gasteiger partial charge in [0.15, 0.2) is 0 Å². The normalized spacial score (nSPS) is 16.2. The maximum Gasteiger partial charge on any atom is 0.254 e. The van der Waals surface area contributed by atoms with Crippen molar-refractivity contribution in [2.45, 2.75) is 32.2 Å². The van der Waals surface area contributed by atoms with E-state index in [1.807, 2.05) is 31.2 Å². The number of rotatable bonds is 6. The van der Waals surface area contributed by atoms with Gasteiger partial charge < -0.3 is 10.1 Å². The summed E-state index contributed by atoms with van der Waals surface area (Å²) in [6.07, 6.45) is 5.49. The second kappa shape index (κ2) is 8.23. The number of nitrogens with zero attached hydrogens (tertiary/aromatic N) is 2. The molecular weight excluding hydrogens is 326 g/mol. The van der Waals surface area contributed by atoms with Gasteiger partial charge in [0, 0.05) is 30.9 Å². The highest BCUT2D eigenvalue weighted by molar-refractivity contribution is 5.79. The van der Waals surface area contributed by atoms with Crippen molar-refractivity contribution in [1.82, 2.24) is 9.55 Å². The lowest BCUT2D eigenvalue weighted by atomic mass is 9.92. The summed E-state index contributed by atoms with van der Waals surface area (Å²) < 4.78 is 7.10. The molecule has 0 saturated carbocycles. The van der Waals surface area contributed by atoms with Crippen molar-refractivity contribution < 1.29 is 4.74 Å². The van der Waals surface area contributed by atoms with E-state index in [0.717, 1.165) is 29.5 Å². The fourth-order valence-corrected chi connectivity index (χ4v) is 3.37. The first-order valence-electron chi connectivity index (χ1n) is 9.04. The number of benzene rings is 1. The molecule has 2 heterocycles. The summed E-state index contributed by atoms with van der Waals surface area (Å²) in [5, 5.41) is 7.40. The largest absolute Gasteiger partial charge is 0.381 e. The number of allylic oxidation sites excluding steroid dienone is 1. The average Bonchev–Trinajstić information content (AvgIpc) is 2.68. The lowest BCUT2D eigenvalue weighted by Gasteiger charge is -2.24. The van der Waals surface area contributed by atoms with Crippen LogP contribution in [0.2, 0.25) is 0 Å². The molecule has 136 valence electrons. The molecule has 1 atom stereocenters. The minimum atomic E-state index is -0.0322. The zero-order chi connectivity index (χ0) is 18.5. The molecule has 0 aliphatic carbocycles. The van der Waals surface area contributed by atoms with E-state index in [-0.39, 0.29) is 17.5 Å². The summed E-state index contributed by atoms with van der Waals surface area (Å²) in [6, 6.07) is 9.65. The lowest BCUT2D eigenvalue weighted by Crippen LogP contribution is -2.29. The predicted molar refractivity (Wildman–Crippen MR) is 105 cm³/mol. The van der Waals surface area contributed by atoms with Gasteiger partial charge in [-0.15, -0.1) is 0 Å². The summed E-state index contributed by atoms with van der Waals surface area (Å²) in [5.41, 5.74) is 3.47. The molecule has 3 rings (SSSR count). The van der Waals surface area contributed by atoms with Crippen LogP contribution in [-0.2, 0) is 4.74 Å². The van der Waals surface area contributed by atoms with Crippen LogP contribution < -0.4 is 5.56 Å². The van der Waals surface area contributed by atoms with Gasteiger partial charge in [0.25, 0.3) is 5.56 Å². The molecule has 1 aliphatic rings. The van der Waals surface area contributed by atoms with Crippen molar-refractivity contribution in [3.05, 3.63) is 59.2 Å². The fraction of sp³-hybridized carbons (Fsp3) is 0.381. The smallest absolute Gasteiger partial charge is 0.254 e. The molecule has 1 saturated heterocycles. The van der Waals surface area contributed by atoms with Crippen LogP contribution in [0.1, 0.15) is 37.8 Å². The van der Waals surface area contributed by atoms with Gasteiger partial charge in [0.1, 0.15) is 0 Å². The molecule has 0 spiro atoms. The number of hydrogen-bond donors (Lipinski definition) is 1. The Labute approximate surface area is 153 Å². The maximum absolute atomic E-state index is 12.6. The minimum absolute atomic E-state index is 0.0322. The van der Waals surface area contributed by atoms with Gasteiger partial charge in [-0.2, -0.15) is 0 Å². The zero-order valence-corrected chi connectivity index (χ0v) is 15.1. The summed E-state index contributed by atoms with van der Waals surface area (Å²) in [6.45, 7) is 7.55. The number of ether oxygens (including phenoxy) is 1. The molecule has 2 aromatic rings. The second-order valence-electron chi connectivity index (χ2n) is 6.86. The van der Waals surface area contributed by atoms with Crippen LogP contribution in [0, 0.1) is 11.3 Å². The fourth-order valence-electron chi connectivity index (χ4n) is 3.37. The summed E-state index contributed by atoms with van der Waals surface area (Å²) in [4.78, 5) is 17.2. The van der Waals surface area contributed by atoms with Crippen LogP contribution in [0.25, 0.3) is 16.8 Å². The molecular formula is C21H25N3O2. The van der Waals surface area contributed by atoms with Crippen molar-refractivity contribution in [1.29, 1.82) is 5.41 Å². The van der Waals surface area contributed by atoms with Crippen molar-refractivity contribution in [3.63, 3.8) is 0 Å². The van der Waals surface area contributed by atoms with Crippen molar-refractivity contribution in [2.75, 3.05) is 13.2 Å². The van der Waals surface area contributed by atoms with E-state index in [2.05, 4.69) is 11.6 Å². The Bertz CT molecular complexity index is 850. The first-order chi connectivity index (χ1) is 12.6. The molecule has 0 bridgehead atoms. The number of hydrogen-bond acceptors (Lipinski definition) is 4. The Kier molecular flexibility index (Phi) is 5.78. The molecule has 1 aliphatic heterocycles. The van der Waals surface area contributed by atoms with Crippen LogP contribution >= 0.6 is 0 Å². The molecule has 1 unspecified atom stereocenters. The summed E-state index contributed by atoms with van der Waals surface area (Å²) in [7, 11) is 0. The molecule has 5 heteroatoms.